The largest absolute Gasteiger partial charge is 1.00 e. The van der Waals surface area contributed by atoms with Gasteiger partial charge in [0.2, 0.25) is 0 Å². The van der Waals surface area contributed by atoms with E-state index >= 15 is 0 Å². The minimum absolute atomic E-state index is 0. The molecular formula is C19H42BrP. The lowest BCUT2D eigenvalue weighted by Crippen LogP contribution is -3.00. The average molecular weight is 381 g/mol. The van der Waals surface area contributed by atoms with Gasteiger partial charge in [0.15, 0.2) is 0 Å². The number of halogens is 1. The first kappa shape index (κ1) is 24.2. The Morgan fingerprint density at radius 2 is 0.762 bits per heavy atom. The molecule has 0 N–H and O–H groups in total. The quantitative estimate of drug-likeness (QED) is 0.292. The molecule has 0 aliphatic carbocycles. The maximum atomic E-state index is 2.37. The standard InChI is InChI=1S/C19H42P.BrH/c1-5-9-13-14-15-19-20(16-10-6-2,17-11-7-3)18-12-8-4;/h5-19H2,1-4H3;1H/q+1;/p-1. The lowest BCUT2D eigenvalue weighted by atomic mass is 10.2. The molecule has 0 spiro atoms. The van der Waals surface area contributed by atoms with Crippen molar-refractivity contribution in [3.8, 4) is 0 Å². The fourth-order valence-corrected chi connectivity index (χ4v) is 8.40. The minimum atomic E-state index is -0.594. The predicted molar refractivity (Wildman–Crippen MR) is 99.9 cm³/mol. The molecule has 0 heterocycles. The van der Waals surface area contributed by atoms with Gasteiger partial charge < -0.3 is 17.0 Å². The van der Waals surface area contributed by atoms with Gasteiger partial charge in [-0.05, 0) is 32.1 Å². The summed E-state index contributed by atoms with van der Waals surface area (Å²) < 4.78 is 0. The molecule has 0 aromatic carbocycles. The van der Waals surface area contributed by atoms with Crippen molar-refractivity contribution < 1.29 is 17.0 Å². The monoisotopic (exact) mass is 380 g/mol. The summed E-state index contributed by atoms with van der Waals surface area (Å²) >= 11 is 0. The highest BCUT2D eigenvalue weighted by atomic mass is 79.9. The van der Waals surface area contributed by atoms with Gasteiger partial charge in [-0.15, -0.1) is 0 Å². The van der Waals surface area contributed by atoms with Crippen LogP contribution >= 0.6 is 7.26 Å². The van der Waals surface area contributed by atoms with Gasteiger partial charge in [0.25, 0.3) is 0 Å². The van der Waals surface area contributed by atoms with Crippen LogP contribution in [0.25, 0.3) is 0 Å². The van der Waals surface area contributed by atoms with Crippen LogP contribution in [-0.4, -0.2) is 24.6 Å². The van der Waals surface area contributed by atoms with Crippen LogP contribution < -0.4 is 17.0 Å². The molecule has 0 bridgehead atoms. The second-order valence-electron chi connectivity index (χ2n) is 6.71. The molecular weight excluding hydrogens is 339 g/mol. The van der Waals surface area contributed by atoms with Crippen LogP contribution in [0.4, 0.5) is 0 Å². The molecule has 0 saturated heterocycles. The molecule has 0 aliphatic heterocycles. The molecule has 130 valence electrons. The summed E-state index contributed by atoms with van der Waals surface area (Å²) in [7, 11) is -0.594. The first-order valence-electron chi connectivity index (χ1n) is 9.59. The number of hydrogen-bond donors (Lipinski definition) is 0. The van der Waals surface area contributed by atoms with Crippen molar-refractivity contribution in [2.24, 2.45) is 0 Å². The SMILES string of the molecule is CCCCCCC[P+](CCCC)(CCCC)CCCC.[Br-]. The molecule has 0 aromatic heterocycles. The Bertz CT molecular complexity index is 172. The molecule has 0 unspecified atom stereocenters. The third-order valence-electron chi connectivity index (χ3n) is 4.69. The smallest absolute Gasteiger partial charge is 0.0594 e. The third-order valence-corrected chi connectivity index (χ3v) is 9.75. The fourth-order valence-electron chi connectivity index (χ4n) is 3.20. The minimum Gasteiger partial charge on any atom is -1.00 e. The summed E-state index contributed by atoms with van der Waals surface area (Å²) in [6, 6.07) is 0. The molecule has 0 aliphatic rings. The molecule has 0 atom stereocenters. The van der Waals surface area contributed by atoms with E-state index in [1.54, 1.807) is 24.6 Å². The maximum Gasteiger partial charge on any atom is 0.0594 e. The van der Waals surface area contributed by atoms with E-state index < -0.39 is 7.26 Å². The van der Waals surface area contributed by atoms with E-state index in [1.807, 2.05) is 0 Å². The molecule has 21 heavy (non-hydrogen) atoms. The third kappa shape index (κ3) is 13.1. The van der Waals surface area contributed by atoms with Crippen LogP contribution in [0, 0.1) is 0 Å². The van der Waals surface area contributed by atoms with E-state index in [9.17, 15) is 0 Å². The molecule has 0 rings (SSSR count). The van der Waals surface area contributed by atoms with E-state index in [0.29, 0.717) is 0 Å². The highest BCUT2D eigenvalue weighted by Crippen LogP contribution is 2.61. The number of unbranched alkanes of at least 4 members (excludes halogenated alkanes) is 7. The second-order valence-corrected chi connectivity index (χ2v) is 11.2. The Kier molecular flexibility index (Phi) is 19.9. The normalized spacial score (nSPS) is 11.4. The first-order valence-corrected chi connectivity index (χ1v) is 12.1. The van der Waals surface area contributed by atoms with Gasteiger partial charge in [0, 0.05) is 7.26 Å². The zero-order valence-corrected chi connectivity index (χ0v) is 17.9. The van der Waals surface area contributed by atoms with Crippen LogP contribution in [-0.2, 0) is 0 Å². The van der Waals surface area contributed by atoms with E-state index in [-0.39, 0.29) is 17.0 Å². The molecule has 0 radical (unpaired) electrons. The highest BCUT2D eigenvalue weighted by molar-refractivity contribution is 7.75. The van der Waals surface area contributed by atoms with Gasteiger partial charge in [-0.1, -0.05) is 66.2 Å². The summed E-state index contributed by atoms with van der Waals surface area (Å²) in [6.45, 7) is 9.43. The van der Waals surface area contributed by atoms with Crippen LogP contribution in [0.15, 0.2) is 0 Å². The number of hydrogen-bond acceptors (Lipinski definition) is 0. The first-order chi connectivity index (χ1) is 9.74. The van der Waals surface area contributed by atoms with E-state index in [4.69, 9.17) is 0 Å². The van der Waals surface area contributed by atoms with Gasteiger partial charge in [0.05, 0.1) is 24.6 Å². The second kappa shape index (κ2) is 17.3. The Balaban J connectivity index is 0. The van der Waals surface area contributed by atoms with E-state index in [0.717, 1.165) is 0 Å². The van der Waals surface area contributed by atoms with Crippen molar-refractivity contribution in [1.82, 2.24) is 0 Å². The summed E-state index contributed by atoms with van der Waals surface area (Å²) in [5.74, 6) is 0. The van der Waals surface area contributed by atoms with Gasteiger partial charge in [-0.25, -0.2) is 0 Å². The van der Waals surface area contributed by atoms with Gasteiger partial charge in [-0.3, -0.25) is 0 Å². The zero-order chi connectivity index (χ0) is 15.1. The average Bonchev–Trinajstić information content (AvgIpc) is 2.48. The molecule has 0 fully saturated rings. The molecule has 2 heteroatoms. The maximum absolute atomic E-state index is 2.37. The van der Waals surface area contributed by atoms with Gasteiger partial charge in [-0.2, -0.15) is 0 Å². The Hall–Kier alpha value is 0.910. The summed E-state index contributed by atoms with van der Waals surface area (Å²) in [6.07, 6.45) is 22.5. The lowest BCUT2D eigenvalue weighted by Gasteiger charge is -2.28. The summed E-state index contributed by atoms with van der Waals surface area (Å²) in [4.78, 5) is 0. The van der Waals surface area contributed by atoms with Crippen LogP contribution in [0.2, 0.25) is 0 Å². The lowest BCUT2D eigenvalue weighted by molar-refractivity contribution is -0.00000469. The fraction of sp³-hybridized carbons (Fsp3) is 1.00. The van der Waals surface area contributed by atoms with Gasteiger partial charge >= 0.3 is 0 Å². The molecule has 0 saturated carbocycles. The number of rotatable bonds is 15. The molecule has 0 amide bonds. The predicted octanol–water partition coefficient (Wildman–Crippen LogP) is 4.38. The van der Waals surface area contributed by atoms with Crippen molar-refractivity contribution >= 4 is 7.26 Å². The van der Waals surface area contributed by atoms with Crippen molar-refractivity contribution in [1.29, 1.82) is 0 Å². The Morgan fingerprint density at radius 1 is 0.429 bits per heavy atom. The zero-order valence-electron chi connectivity index (χ0n) is 15.4. The summed E-state index contributed by atoms with van der Waals surface area (Å²) in [5, 5.41) is 0. The molecule has 0 aromatic rings. The van der Waals surface area contributed by atoms with Crippen molar-refractivity contribution in [3.63, 3.8) is 0 Å². The van der Waals surface area contributed by atoms with Crippen LogP contribution in [0.3, 0.4) is 0 Å². The summed E-state index contributed by atoms with van der Waals surface area (Å²) in [5.41, 5.74) is 0. The highest BCUT2D eigenvalue weighted by Gasteiger charge is 2.34. The van der Waals surface area contributed by atoms with Gasteiger partial charge in [0.1, 0.15) is 0 Å². The van der Waals surface area contributed by atoms with Crippen molar-refractivity contribution in [2.45, 2.75) is 98.3 Å². The topological polar surface area (TPSA) is 0 Å². The Labute approximate surface area is 147 Å². The van der Waals surface area contributed by atoms with Crippen LogP contribution in [0.5, 0.6) is 0 Å². The van der Waals surface area contributed by atoms with E-state index in [2.05, 4.69) is 27.7 Å². The Morgan fingerprint density at radius 3 is 1.14 bits per heavy atom. The van der Waals surface area contributed by atoms with Crippen molar-refractivity contribution in [2.75, 3.05) is 24.6 Å². The van der Waals surface area contributed by atoms with E-state index in [1.165, 1.54) is 70.6 Å². The van der Waals surface area contributed by atoms with Crippen molar-refractivity contribution in [3.05, 3.63) is 0 Å². The van der Waals surface area contributed by atoms with Crippen LogP contribution in [0.1, 0.15) is 98.3 Å². The molecule has 0 nitrogen and oxygen atoms in total.